The Morgan fingerprint density at radius 3 is 2.76 bits per heavy atom. The number of para-hydroxylation sites is 1. The highest BCUT2D eigenvalue weighted by Gasteiger charge is 2.26. The molecule has 34 heavy (non-hydrogen) atoms. The summed E-state index contributed by atoms with van der Waals surface area (Å²) in [6.45, 7) is 5.45. The first-order valence-electron chi connectivity index (χ1n) is 11.6. The van der Waals surface area contributed by atoms with E-state index in [1.165, 1.54) is 11.1 Å². The minimum atomic E-state index is -0.988. The summed E-state index contributed by atoms with van der Waals surface area (Å²) in [5.74, 6) is -0.332. The number of nitrogens with one attached hydrogen (secondary N) is 1. The molecule has 2 aliphatic rings. The fraction of sp³-hybridized carbons (Fsp3) is 0.296. The molecule has 0 saturated carbocycles. The van der Waals surface area contributed by atoms with E-state index in [2.05, 4.69) is 22.4 Å². The molecule has 1 atom stereocenters. The number of anilines is 2. The van der Waals surface area contributed by atoms with Gasteiger partial charge in [-0.3, -0.25) is 9.36 Å². The molecule has 0 spiro atoms. The molecule has 174 valence electrons. The number of carboxylic acids is 1. The zero-order chi connectivity index (χ0) is 24.0. The van der Waals surface area contributed by atoms with Gasteiger partial charge in [0.2, 0.25) is 5.95 Å². The number of rotatable bonds is 5. The van der Waals surface area contributed by atoms with Gasteiger partial charge in [-0.1, -0.05) is 30.4 Å². The Hall–Kier alpha value is -3.87. The third kappa shape index (κ3) is 3.77. The molecule has 2 N–H and O–H groups in total. The number of benzene rings is 2. The molecule has 1 aromatic heterocycles. The Bertz CT molecular complexity index is 1430. The zero-order valence-electron chi connectivity index (χ0n) is 19.6. The summed E-state index contributed by atoms with van der Waals surface area (Å²) < 4.78 is 1.64. The lowest BCUT2D eigenvalue weighted by Crippen LogP contribution is -2.31. The van der Waals surface area contributed by atoms with Crippen LogP contribution in [0.2, 0.25) is 0 Å². The lowest BCUT2D eigenvalue weighted by atomic mass is 10.0. The van der Waals surface area contributed by atoms with Gasteiger partial charge in [0.05, 0.1) is 22.5 Å². The fourth-order valence-electron chi connectivity index (χ4n) is 5.00. The molecule has 0 unspecified atom stereocenters. The summed E-state index contributed by atoms with van der Waals surface area (Å²) in [5.41, 5.74) is 5.87. The molecule has 1 aliphatic carbocycles. The minimum absolute atomic E-state index is 0.0801. The summed E-state index contributed by atoms with van der Waals surface area (Å²) in [5, 5.41) is 13.5. The second-order valence-corrected chi connectivity index (χ2v) is 9.17. The highest BCUT2D eigenvalue weighted by Crippen LogP contribution is 2.32. The largest absolute Gasteiger partial charge is 0.478 e. The Balaban J connectivity index is 1.58. The molecule has 0 amide bonds. The van der Waals surface area contributed by atoms with E-state index >= 15 is 0 Å². The van der Waals surface area contributed by atoms with Gasteiger partial charge in [-0.2, -0.15) is 0 Å². The van der Waals surface area contributed by atoms with E-state index in [-0.39, 0.29) is 17.2 Å². The Labute approximate surface area is 198 Å². The molecule has 1 aliphatic heterocycles. The second kappa shape index (κ2) is 8.48. The van der Waals surface area contributed by atoms with E-state index in [9.17, 15) is 14.7 Å². The van der Waals surface area contributed by atoms with Crippen LogP contribution in [0.4, 0.5) is 11.6 Å². The molecule has 3 aromatic rings. The minimum Gasteiger partial charge on any atom is -0.478 e. The molecular weight excluding hydrogens is 428 g/mol. The predicted octanol–water partition coefficient (Wildman–Crippen LogP) is 4.58. The number of aromatic carboxylic acids is 1. The lowest BCUT2D eigenvalue weighted by molar-refractivity contribution is 0.0698. The summed E-state index contributed by atoms with van der Waals surface area (Å²) in [6.07, 6.45) is 6.51. The van der Waals surface area contributed by atoms with Crippen molar-refractivity contribution in [2.75, 3.05) is 23.3 Å². The van der Waals surface area contributed by atoms with Crippen molar-refractivity contribution >= 4 is 28.5 Å². The molecule has 0 radical (unpaired) electrons. The van der Waals surface area contributed by atoms with Gasteiger partial charge in [-0.15, -0.1) is 0 Å². The van der Waals surface area contributed by atoms with Crippen molar-refractivity contribution in [3.63, 3.8) is 0 Å². The zero-order valence-corrected chi connectivity index (χ0v) is 19.6. The number of nitrogens with zero attached hydrogens (tertiary/aromatic N) is 3. The molecule has 7 nitrogen and oxygen atoms in total. The number of hydrogen-bond donors (Lipinski definition) is 2. The van der Waals surface area contributed by atoms with Gasteiger partial charge in [0.15, 0.2) is 0 Å². The van der Waals surface area contributed by atoms with Crippen LogP contribution in [0, 0.1) is 6.92 Å². The van der Waals surface area contributed by atoms with Gasteiger partial charge in [-0.05, 0) is 61.6 Å². The lowest BCUT2D eigenvalue weighted by Gasteiger charge is -2.23. The van der Waals surface area contributed by atoms with Crippen molar-refractivity contribution in [3.8, 4) is 0 Å². The fourth-order valence-corrected chi connectivity index (χ4v) is 5.00. The van der Waals surface area contributed by atoms with Gasteiger partial charge >= 0.3 is 5.97 Å². The van der Waals surface area contributed by atoms with E-state index in [0.29, 0.717) is 22.5 Å². The van der Waals surface area contributed by atoms with Crippen LogP contribution in [-0.4, -0.2) is 33.7 Å². The van der Waals surface area contributed by atoms with Gasteiger partial charge in [0, 0.05) is 31.4 Å². The number of carboxylic acid groups (broad SMARTS) is 1. The van der Waals surface area contributed by atoms with E-state index in [1.807, 2.05) is 26.0 Å². The summed E-state index contributed by atoms with van der Waals surface area (Å²) in [6, 6.07) is 10.5. The van der Waals surface area contributed by atoms with Crippen molar-refractivity contribution in [2.24, 2.45) is 7.05 Å². The molecular formula is C27H28N4O3. The van der Waals surface area contributed by atoms with E-state index in [4.69, 9.17) is 4.98 Å². The van der Waals surface area contributed by atoms with Crippen molar-refractivity contribution in [1.82, 2.24) is 9.55 Å². The van der Waals surface area contributed by atoms with Crippen LogP contribution in [0.3, 0.4) is 0 Å². The average Bonchev–Trinajstić information content (AvgIpc) is 3.25. The average molecular weight is 457 g/mol. The third-order valence-electron chi connectivity index (χ3n) is 6.74. The molecule has 2 heterocycles. The quantitative estimate of drug-likeness (QED) is 0.584. The van der Waals surface area contributed by atoms with Crippen LogP contribution >= 0.6 is 0 Å². The van der Waals surface area contributed by atoms with Crippen molar-refractivity contribution < 1.29 is 9.90 Å². The van der Waals surface area contributed by atoms with Crippen LogP contribution in [-0.2, 0) is 7.05 Å². The summed E-state index contributed by atoms with van der Waals surface area (Å²) >= 11 is 0. The first-order chi connectivity index (χ1) is 16.3. The highest BCUT2D eigenvalue weighted by atomic mass is 16.4. The van der Waals surface area contributed by atoms with Gasteiger partial charge in [0.1, 0.15) is 0 Å². The molecule has 7 heteroatoms. The smallest absolute Gasteiger partial charge is 0.337 e. The summed E-state index contributed by atoms with van der Waals surface area (Å²) in [4.78, 5) is 32.3. The molecule has 2 aromatic carbocycles. The normalized spacial score (nSPS) is 16.1. The first-order valence-corrected chi connectivity index (χ1v) is 11.6. The number of aryl methyl sites for hydroxylation is 1. The second-order valence-electron chi connectivity index (χ2n) is 9.17. The predicted molar refractivity (Wildman–Crippen MR) is 135 cm³/mol. The maximum atomic E-state index is 13.4. The topological polar surface area (TPSA) is 87.5 Å². The monoisotopic (exact) mass is 456 g/mol. The summed E-state index contributed by atoms with van der Waals surface area (Å²) in [7, 11) is 1.78. The van der Waals surface area contributed by atoms with Gasteiger partial charge < -0.3 is 15.3 Å². The van der Waals surface area contributed by atoms with Crippen LogP contribution in [0.25, 0.3) is 10.9 Å². The maximum Gasteiger partial charge on any atom is 0.337 e. The van der Waals surface area contributed by atoms with Crippen LogP contribution in [0.15, 0.2) is 64.5 Å². The van der Waals surface area contributed by atoms with E-state index in [0.717, 1.165) is 37.1 Å². The molecule has 0 saturated heterocycles. The molecule has 5 rings (SSSR count). The SMILES string of the molecule is Cc1cc([C@@H](C)Nc2ccccc2C(=O)O)c2nc(N3CC4=C(CCC=C4)C3)n(C)c(=O)c2c1. The Morgan fingerprint density at radius 2 is 2.00 bits per heavy atom. The number of aromatic nitrogens is 2. The first kappa shape index (κ1) is 21.9. The Morgan fingerprint density at radius 1 is 1.21 bits per heavy atom. The Kier molecular flexibility index (Phi) is 5.48. The standard InChI is InChI=1S/C27H28N4O3/c1-16-12-21(17(2)28-23-11-7-6-10-20(23)26(33)34)24-22(13-16)25(32)30(3)27(29-24)31-14-18-8-4-5-9-19(18)15-31/h4,6-8,10-13,17,28H,5,9,14-15H2,1-3H3,(H,33,34)/t17-/m1/s1. The van der Waals surface area contributed by atoms with Crippen molar-refractivity contribution in [3.05, 3.63) is 86.7 Å². The number of hydrogen-bond acceptors (Lipinski definition) is 5. The maximum absolute atomic E-state index is 13.4. The third-order valence-corrected chi connectivity index (χ3v) is 6.74. The van der Waals surface area contributed by atoms with Crippen molar-refractivity contribution in [1.29, 1.82) is 0 Å². The molecule has 0 bridgehead atoms. The number of fused-ring (bicyclic) bond motifs is 1. The van der Waals surface area contributed by atoms with E-state index in [1.54, 1.807) is 35.9 Å². The van der Waals surface area contributed by atoms with E-state index < -0.39 is 5.97 Å². The van der Waals surface area contributed by atoms with Crippen LogP contribution < -0.4 is 15.8 Å². The van der Waals surface area contributed by atoms with Gasteiger partial charge in [-0.25, -0.2) is 9.78 Å². The van der Waals surface area contributed by atoms with Crippen molar-refractivity contribution in [2.45, 2.75) is 32.7 Å². The number of carbonyl (C=O) groups is 1. The number of allylic oxidation sites excluding steroid dienone is 1. The van der Waals surface area contributed by atoms with Gasteiger partial charge in [0.25, 0.3) is 5.56 Å². The highest BCUT2D eigenvalue weighted by molar-refractivity contribution is 5.94. The van der Waals surface area contributed by atoms with Crippen LogP contribution in [0.1, 0.15) is 47.3 Å². The molecule has 0 fully saturated rings. The van der Waals surface area contributed by atoms with Crippen LogP contribution in [0.5, 0.6) is 0 Å².